The summed E-state index contributed by atoms with van der Waals surface area (Å²) < 4.78 is 1.79. The fourth-order valence-corrected chi connectivity index (χ4v) is 2.43. The molecule has 1 aromatic heterocycles. The minimum Gasteiger partial charge on any atom is -0.340 e. The Morgan fingerprint density at radius 3 is 2.83 bits per heavy atom. The van der Waals surface area contributed by atoms with E-state index in [0.29, 0.717) is 5.69 Å². The Morgan fingerprint density at radius 2 is 2.28 bits per heavy atom. The van der Waals surface area contributed by atoms with E-state index in [9.17, 15) is 4.79 Å². The Bertz CT molecular complexity index is 405. The largest absolute Gasteiger partial charge is 0.340 e. The van der Waals surface area contributed by atoms with Crippen LogP contribution in [0.25, 0.3) is 0 Å². The highest BCUT2D eigenvalue weighted by Gasteiger charge is 2.30. The van der Waals surface area contributed by atoms with Crippen LogP contribution in [-0.2, 0) is 7.05 Å². The molecule has 0 aliphatic carbocycles. The highest BCUT2D eigenvalue weighted by molar-refractivity contribution is 5.92. The number of aromatic nitrogens is 2. The summed E-state index contributed by atoms with van der Waals surface area (Å²) in [6.07, 6.45) is 6.61. The van der Waals surface area contributed by atoms with Crippen LogP contribution in [0.5, 0.6) is 0 Å². The van der Waals surface area contributed by atoms with Crippen LogP contribution in [0.3, 0.4) is 0 Å². The first-order chi connectivity index (χ1) is 8.09. The second-order valence-corrected chi connectivity index (χ2v) is 4.85. The number of nitrogens with zero attached hydrogens (tertiary/aromatic N) is 3. The quantitative estimate of drug-likeness (QED) is 0.879. The van der Waals surface area contributed by atoms with Gasteiger partial charge >= 0.3 is 0 Å². The lowest BCUT2D eigenvalue weighted by atomic mass is 9.96. The molecule has 5 nitrogen and oxygen atoms in total. The maximum atomic E-state index is 12.3. The maximum absolute atomic E-state index is 12.3. The smallest absolute Gasteiger partial charge is 0.274 e. The summed E-state index contributed by atoms with van der Waals surface area (Å²) in [6.45, 7) is 2.76. The minimum absolute atomic E-state index is 0. The third kappa shape index (κ3) is 3.03. The first kappa shape index (κ1) is 15.0. The van der Waals surface area contributed by atoms with Gasteiger partial charge in [0.15, 0.2) is 0 Å². The number of halogens is 1. The van der Waals surface area contributed by atoms with Crippen molar-refractivity contribution in [3.8, 4) is 0 Å². The van der Waals surface area contributed by atoms with E-state index in [1.54, 1.807) is 17.1 Å². The number of carbonyl (C=O) groups is 1. The molecule has 6 heteroatoms. The van der Waals surface area contributed by atoms with E-state index >= 15 is 0 Å². The summed E-state index contributed by atoms with van der Waals surface area (Å²) >= 11 is 0. The lowest BCUT2D eigenvalue weighted by Crippen LogP contribution is -2.51. The predicted molar refractivity (Wildman–Crippen MR) is 72.8 cm³/mol. The molecule has 0 bridgehead atoms. The van der Waals surface area contributed by atoms with Crippen LogP contribution in [0, 0.1) is 0 Å². The zero-order valence-corrected chi connectivity index (χ0v) is 11.7. The van der Waals surface area contributed by atoms with Gasteiger partial charge in [0.1, 0.15) is 5.69 Å². The van der Waals surface area contributed by atoms with Gasteiger partial charge in [0.25, 0.3) is 5.91 Å². The molecule has 1 aromatic rings. The maximum Gasteiger partial charge on any atom is 0.274 e. The Morgan fingerprint density at radius 1 is 1.56 bits per heavy atom. The molecule has 1 aliphatic heterocycles. The van der Waals surface area contributed by atoms with Crippen molar-refractivity contribution in [1.29, 1.82) is 0 Å². The van der Waals surface area contributed by atoms with E-state index in [1.165, 1.54) is 0 Å². The highest BCUT2D eigenvalue weighted by Crippen LogP contribution is 2.20. The monoisotopic (exact) mass is 272 g/mol. The third-order valence-electron chi connectivity index (χ3n) is 3.34. The number of aryl methyl sites for hydroxylation is 1. The van der Waals surface area contributed by atoms with Gasteiger partial charge < -0.3 is 15.2 Å². The molecule has 2 unspecified atom stereocenters. The van der Waals surface area contributed by atoms with Crippen LogP contribution in [0.15, 0.2) is 12.5 Å². The van der Waals surface area contributed by atoms with Crippen LogP contribution >= 0.6 is 12.4 Å². The predicted octanol–water partition coefficient (Wildman–Crippen LogP) is 1.18. The van der Waals surface area contributed by atoms with Crippen molar-refractivity contribution in [3.63, 3.8) is 0 Å². The van der Waals surface area contributed by atoms with Gasteiger partial charge in [-0.25, -0.2) is 4.98 Å². The second kappa shape index (κ2) is 6.20. The van der Waals surface area contributed by atoms with Crippen molar-refractivity contribution in [1.82, 2.24) is 14.5 Å². The highest BCUT2D eigenvalue weighted by atomic mass is 35.5. The van der Waals surface area contributed by atoms with Crippen LogP contribution in [0.4, 0.5) is 0 Å². The molecule has 0 saturated carbocycles. The number of rotatable bonds is 2. The Balaban J connectivity index is 0.00000162. The van der Waals surface area contributed by atoms with E-state index < -0.39 is 0 Å². The standard InChI is InChI=1S/C12H20N4O.ClH/c1-9(13)11-5-3-4-6-16(11)12(17)10-7-15(2)8-14-10;/h7-9,11H,3-6,13H2,1-2H3;1H. The van der Waals surface area contributed by atoms with Crippen molar-refractivity contribution >= 4 is 18.3 Å². The summed E-state index contributed by atoms with van der Waals surface area (Å²) in [4.78, 5) is 18.3. The Kier molecular flexibility index (Phi) is 5.16. The van der Waals surface area contributed by atoms with Crippen molar-refractivity contribution in [2.45, 2.75) is 38.3 Å². The molecular formula is C12H21ClN4O. The van der Waals surface area contributed by atoms with Crippen molar-refractivity contribution in [2.24, 2.45) is 12.8 Å². The van der Waals surface area contributed by atoms with E-state index in [0.717, 1.165) is 25.8 Å². The van der Waals surface area contributed by atoms with Crippen molar-refractivity contribution in [3.05, 3.63) is 18.2 Å². The summed E-state index contributed by atoms with van der Waals surface area (Å²) in [5.41, 5.74) is 6.47. The number of piperidine rings is 1. The van der Waals surface area contributed by atoms with Gasteiger partial charge in [-0.2, -0.15) is 0 Å². The molecule has 2 atom stereocenters. The second-order valence-electron chi connectivity index (χ2n) is 4.85. The van der Waals surface area contributed by atoms with E-state index in [2.05, 4.69) is 4.98 Å². The number of carbonyl (C=O) groups excluding carboxylic acids is 1. The van der Waals surface area contributed by atoms with Gasteiger partial charge in [0, 0.05) is 31.9 Å². The molecule has 102 valence electrons. The summed E-state index contributed by atoms with van der Waals surface area (Å²) in [6, 6.07) is 0.168. The lowest BCUT2D eigenvalue weighted by Gasteiger charge is -2.37. The number of hydrogen-bond acceptors (Lipinski definition) is 3. The average Bonchev–Trinajstić information content (AvgIpc) is 2.75. The van der Waals surface area contributed by atoms with Gasteiger partial charge in [-0.05, 0) is 26.2 Å². The average molecular weight is 273 g/mol. The first-order valence-corrected chi connectivity index (χ1v) is 6.14. The molecule has 0 spiro atoms. The zero-order chi connectivity index (χ0) is 12.4. The Hall–Kier alpha value is -1.07. The molecule has 1 saturated heterocycles. The molecule has 1 aliphatic rings. The normalized spacial score (nSPS) is 21.3. The summed E-state index contributed by atoms with van der Waals surface area (Å²) in [7, 11) is 1.86. The third-order valence-corrected chi connectivity index (χ3v) is 3.34. The van der Waals surface area contributed by atoms with Crippen LogP contribution < -0.4 is 5.73 Å². The van der Waals surface area contributed by atoms with E-state index in [-0.39, 0.29) is 30.4 Å². The fraction of sp³-hybridized carbons (Fsp3) is 0.667. The molecule has 2 heterocycles. The number of hydrogen-bond donors (Lipinski definition) is 1. The van der Waals surface area contributed by atoms with Gasteiger partial charge in [-0.3, -0.25) is 4.79 Å². The number of likely N-dealkylation sites (tertiary alicyclic amines) is 1. The van der Waals surface area contributed by atoms with Gasteiger partial charge in [0.2, 0.25) is 0 Å². The summed E-state index contributed by atoms with van der Waals surface area (Å²) in [5.74, 6) is 0.00704. The van der Waals surface area contributed by atoms with Gasteiger partial charge in [0.05, 0.1) is 6.33 Å². The number of nitrogens with two attached hydrogens (primary N) is 1. The van der Waals surface area contributed by atoms with Crippen molar-refractivity contribution in [2.75, 3.05) is 6.54 Å². The number of imidazole rings is 1. The van der Waals surface area contributed by atoms with Crippen LogP contribution in [-0.4, -0.2) is 39.0 Å². The number of amides is 1. The van der Waals surface area contributed by atoms with E-state index in [4.69, 9.17) is 5.73 Å². The van der Waals surface area contributed by atoms with Gasteiger partial charge in [-0.15, -0.1) is 12.4 Å². The zero-order valence-electron chi connectivity index (χ0n) is 10.9. The van der Waals surface area contributed by atoms with Crippen LogP contribution in [0.1, 0.15) is 36.7 Å². The van der Waals surface area contributed by atoms with E-state index in [1.807, 2.05) is 18.9 Å². The molecule has 1 amide bonds. The Labute approximate surface area is 114 Å². The van der Waals surface area contributed by atoms with Crippen molar-refractivity contribution < 1.29 is 4.79 Å². The molecule has 18 heavy (non-hydrogen) atoms. The SMILES string of the molecule is CC(N)C1CCCCN1C(=O)c1cn(C)cn1.Cl. The topological polar surface area (TPSA) is 64.2 Å². The molecule has 1 fully saturated rings. The molecule has 0 aromatic carbocycles. The summed E-state index contributed by atoms with van der Waals surface area (Å²) in [5, 5.41) is 0. The van der Waals surface area contributed by atoms with Gasteiger partial charge in [-0.1, -0.05) is 0 Å². The molecule has 0 radical (unpaired) electrons. The lowest BCUT2D eigenvalue weighted by molar-refractivity contribution is 0.0578. The fourth-order valence-electron chi connectivity index (χ4n) is 2.43. The molecule has 2 N–H and O–H groups in total. The minimum atomic E-state index is 0. The molecular weight excluding hydrogens is 252 g/mol. The first-order valence-electron chi connectivity index (χ1n) is 6.14. The molecule has 2 rings (SSSR count). The van der Waals surface area contributed by atoms with Crippen LogP contribution in [0.2, 0.25) is 0 Å².